The fourth-order valence-corrected chi connectivity index (χ4v) is 5.28. The predicted octanol–water partition coefficient (Wildman–Crippen LogP) is 1.66. The van der Waals surface area contributed by atoms with Crippen LogP contribution in [-0.4, -0.2) is 80.7 Å². The smallest absolute Gasteiger partial charge is 0.253 e. The summed E-state index contributed by atoms with van der Waals surface area (Å²) in [6, 6.07) is 14.9. The number of benzene rings is 2. The molecule has 13 nitrogen and oxygen atoms in total. The van der Waals surface area contributed by atoms with Crippen LogP contribution in [-0.2, 0) is 21.4 Å². The van der Waals surface area contributed by atoms with E-state index in [4.69, 9.17) is 9.97 Å². The summed E-state index contributed by atoms with van der Waals surface area (Å²) in [5.41, 5.74) is 2.69. The number of para-hydroxylation sites is 1. The Bertz CT molecular complexity index is 1810. The van der Waals surface area contributed by atoms with Crippen molar-refractivity contribution in [1.29, 1.82) is 0 Å². The predicted molar refractivity (Wildman–Crippen MR) is 150 cm³/mol. The molecule has 14 heteroatoms. The lowest BCUT2D eigenvalue weighted by atomic mass is 10.2. The molecular weight excluding hydrogens is 534 g/mol. The molecule has 2 aromatic carbocycles. The summed E-state index contributed by atoms with van der Waals surface area (Å²) in [6.07, 6.45) is 3.21. The summed E-state index contributed by atoms with van der Waals surface area (Å²) in [6.45, 7) is 3.87. The van der Waals surface area contributed by atoms with Gasteiger partial charge in [-0.1, -0.05) is 18.2 Å². The molecule has 1 aliphatic heterocycles. The van der Waals surface area contributed by atoms with Crippen molar-refractivity contribution < 1.29 is 18.3 Å². The monoisotopic (exact) mass is 561 g/mol. The van der Waals surface area contributed by atoms with Crippen molar-refractivity contribution in [2.45, 2.75) is 13.5 Å². The molecular formula is C26H27N9O4S. The van der Waals surface area contributed by atoms with Gasteiger partial charge in [0.05, 0.1) is 23.8 Å². The second-order valence-corrected chi connectivity index (χ2v) is 11.4. The number of nitrogens with one attached hydrogen (secondary N) is 1. The van der Waals surface area contributed by atoms with Crippen LogP contribution in [0.4, 0.5) is 11.6 Å². The van der Waals surface area contributed by atoms with Gasteiger partial charge in [-0.05, 0) is 37.3 Å². The van der Waals surface area contributed by atoms with Gasteiger partial charge in [-0.15, -0.1) is 0 Å². The minimum atomic E-state index is -3.71. The number of piperazine rings is 1. The number of aromatic nitrogens is 6. The van der Waals surface area contributed by atoms with Crippen LogP contribution in [0.5, 0.6) is 5.75 Å². The van der Waals surface area contributed by atoms with Crippen LogP contribution in [0, 0.1) is 0 Å². The highest BCUT2D eigenvalue weighted by Crippen LogP contribution is 2.26. The number of amides is 1. The summed E-state index contributed by atoms with van der Waals surface area (Å²) in [7, 11) is -3.71. The summed E-state index contributed by atoms with van der Waals surface area (Å²) >= 11 is 0. The van der Waals surface area contributed by atoms with Crippen LogP contribution in [0.1, 0.15) is 6.92 Å². The van der Waals surface area contributed by atoms with Gasteiger partial charge in [0.2, 0.25) is 16.0 Å². The van der Waals surface area contributed by atoms with Crippen LogP contribution >= 0.6 is 0 Å². The van der Waals surface area contributed by atoms with Gasteiger partial charge < -0.3 is 19.5 Å². The molecule has 0 spiro atoms. The normalized spacial score (nSPS) is 14.2. The van der Waals surface area contributed by atoms with Gasteiger partial charge in [0.1, 0.15) is 12.3 Å². The fraction of sp³-hybridized carbons (Fsp3) is 0.269. The average molecular weight is 562 g/mol. The van der Waals surface area contributed by atoms with Crippen LogP contribution in [0.25, 0.3) is 27.9 Å². The number of hydrogen-bond acceptors (Lipinski definition) is 10. The number of imidazole rings is 1. The maximum Gasteiger partial charge on any atom is 0.253 e. The Hall–Kier alpha value is -4.72. The molecule has 1 saturated heterocycles. The second-order valence-electron chi connectivity index (χ2n) is 9.43. The Morgan fingerprint density at radius 2 is 1.73 bits per heavy atom. The fourth-order valence-electron chi connectivity index (χ4n) is 4.72. The van der Waals surface area contributed by atoms with Gasteiger partial charge in [-0.2, -0.15) is 15.1 Å². The van der Waals surface area contributed by atoms with Gasteiger partial charge in [-0.25, -0.2) is 18.1 Å². The number of phenolic OH excluding ortho intramolecular Hbond substituents is 1. The van der Waals surface area contributed by atoms with E-state index >= 15 is 0 Å². The molecule has 0 atom stereocenters. The highest BCUT2D eigenvalue weighted by Gasteiger charge is 2.24. The van der Waals surface area contributed by atoms with Crippen LogP contribution in [0.3, 0.4) is 0 Å². The van der Waals surface area contributed by atoms with Crippen molar-refractivity contribution >= 4 is 49.6 Å². The highest BCUT2D eigenvalue weighted by molar-refractivity contribution is 7.90. The first-order valence-corrected chi connectivity index (χ1v) is 14.4. The van der Waals surface area contributed by atoms with E-state index in [1.807, 2.05) is 36.4 Å². The number of carbonyl (C=O) groups is 1. The second kappa shape index (κ2) is 10.1. The average Bonchev–Trinajstić information content (AvgIpc) is 3.57. The molecule has 2 N–H and O–H groups in total. The zero-order valence-corrected chi connectivity index (χ0v) is 22.5. The number of rotatable bonds is 7. The molecule has 40 heavy (non-hydrogen) atoms. The number of anilines is 2. The number of nitrogens with zero attached hydrogens (tertiary/aromatic N) is 8. The van der Waals surface area contributed by atoms with Crippen LogP contribution < -0.4 is 14.5 Å². The molecule has 0 radical (unpaired) electrons. The van der Waals surface area contributed by atoms with E-state index in [9.17, 15) is 18.3 Å². The van der Waals surface area contributed by atoms with Crippen molar-refractivity contribution in [3.05, 3.63) is 61.1 Å². The molecule has 0 unspecified atom stereocenters. The molecule has 0 saturated carbocycles. The first kappa shape index (κ1) is 25.6. The first-order valence-electron chi connectivity index (χ1n) is 12.8. The van der Waals surface area contributed by atoms with Gasteiger partial charge in [0, 0.05) is 37.3 Å². The van der Waals surface area contributed by atoms with Crippen molar-refractivity contribution in [2.75, 3.05) is 41.7 Å². The maximum absolute atomic E-state index is 12.6. The van der Waals surface area contributed by atoms with E-state index in [0.717, 1.165) is 16.6 Å². The lowest BCUT2D eigenvalue weighted by Crippen LogP contribution is -2.47. The summed E-state index contributed by atoms with van der Waals surface area (Å²) < 4.78 is 29.1. The lowest BCUT2D eigenvalue weighted by Gasteiger charge is -2.36. The van der Waals surface area contributed by atoms with Gasteiger partial charge in [-0.3, -0.25) is 9.52 Å². The Morgan fingerprint density at radius 1 is 1.00 bits per heavy atom. The molecule has 1 aliphatic rings. The zero-order chi connectivity index (χ0) is 27.9. The number of fused-ring (bicyclic) bond motifs is 2. The standard InChI is InChI=1S/C26H27N9O4S/c1-2-40(38,39)31-22(37)16-34-17-27-23-24(34)29-26(30-25(23)35-21-6-4-3-5-18(21)15-28-35)33-13-11-32(12-14-33)19-7-9-20(36)10-8-19/h3-10,15,17,36H,2,11-14,16H2,1H3,(H,31,37). The van der Waals surface area contributed by atoms with E-state index in [-0.39, 0.29) is 18.0 Å². The van der Waals surface area contributed by atoms with E-state index in [1.165, 1.54) is 17.8 Å². The van der Waals surface area contributed by atoms with E-state index in [2.05, 4.69) is 24.6 Å². The van der Waals surface area contributed by atoms with Crippen molar-refractivity contribution in [3.8, 4) is 11.6 Å². The highest BCUT2D eigenvalue weighted by atomic mass is 32.2. The van der Waals surface area contributed by atoms with Crippen molar-refractivity contribution in [1.82, 2.24) is 34.0 Å². The molecule has 3 aromatic heterocycles. The molecule has 206 valence electrons. The Labute approximate surface area is 229 Å². The number of hydrogen-bond donors (Lipinski definition) is 2. The van der Waals surface area contributed by atoms with E-state index in [1.54, 1.807) is 23.0 Å². The number of carbonyl (C=O) groups excluding carboxylic acids is 1. The van der Waals surface area contributed by atoms with Gasteiger partial charge >= 0.3 is 0 Å². The molecule has 1 fully saturated rings. The molecule has 1 amide bonds. The minimum Gasteiger partial charge on any atom is -0.508 e. The van der Waals surface area contributed by atoms with Gasteiger partial charge in [0.25, 0.3) is 5.91 Å². The zero-order valence-electron chi connectivity index (χ0n) is 21.7. The number of sulfonamides is 1. The summed E-state index contributed by atoms with van der Waals surface area (Å²) in [4.78, 5) is 31.0. The lowest BCUT2D eigenvalue weighted by molar-refractivity contribution is -0.119. The number of phenols is 1. The summed E-state index contributed by atoms with van der Waals surface area (Å²) in [5, 5.41) is 15.1. The molecule has 4 heterocycles. The third-order valence-corrected chi connectivity index (χ3v) is 8.15. The number of aromatic hydroxyl groups is 1. The van der Waals surface area contributed by atoms with Crippen LogP contribution in [0.2, 0.25) is 0 Å². The van der Waals surface area contributed by atoms with Gasteiger partial charge in [0.15, 0.2) is 17.0 Å². The minimum absolute atomic E-state index is 0.206. The molecule has 0 aliphatic carbocycles. The van der Waals surface area contributed by atoms with E-state index in [0.29, 0.717) is 49.1 Å². The Balaban J connectivity index is 1.37. The Morgan fingerprint density at radius 3 is 2.48 bits per heavy atom. The molecule has 6 rings (SSSR count). The largest absolute Gasteiger partial charge is 0.508 e. The Kier molecular flexibility index (Phi) is 6.46. The topological polar surface area (TPSA) is 151 Å². The maximum atomic E-state index is 12.6. The van der Waals surface area contributed by atoms with Crippen molar-refractivity contribution in [3.63, 3.8) is 0 Å². The van der Waals surface area contributed by atoms with E-state index < -0.39 is 15.9 Å². The summed E-state index contributed by atoms with van der Waals surface area (Å²) in [5.74, 6) is 0.246. The third-order valence-electron chi connectivity index (χ3n) is 6.85. The third kappa shape index (κ3) is 4.88. The van der Waals surface area contributed by atoms with Crippen molar-refractivity contribution in [2.24, 2.45) is 0 Å². The quantitative estimate of drug-likeness (QED) is 0.300. The van der Waals surface area contributed by atoms with Crippen LogP contribution in [0.15, 0.2) is 61.1 Å². The first-order chi connectivity index (χ1) is 19.3. The SMILES string of the molecule is CCS(=O)(=O)NC(=O)Cn1cnc2c(-n3ncc4ccccc43)nc(N3CCN(c4ccc(O)cc4)CC3)nc21. The molecule has 0 bridgehead atoms. The molecule has 5 aromatic rings.